The minimum Gasteiger partial charge on any atom is -0.323 e. The lowest BCUT2D eigenvalue weighted by Gasteiger charge is -2.07. The fourth-order valence-electron chi connectivity index (χ4n) is 2.47. The Morgan fingerprint density at radius 2 is 2.10 bits per heavy atom. The van der Waals surface area contributed by atoms with Crippen LogP contribution in [0.4, 0.5) is 0 Å². The van der Waals surface area contributed by atoms with E-state index in [9.17, 15) is 0 Å². The van der Waals surface area contributed by atoms with Gasteiger partial charge in [-0.25, -0.2) is 4.68 Å². The average Bonchev–Trinajstić information content (AvgIpc) is 2.95. The minimum atomic E-state index is -0.0466. The van der Waals surface area contributed by atoms with E-state index in [0.717, 1.165) is 28.7 Å². The first-order chi connectivity index (χ1) is 10.2. The second-order valence-corrected chi connectivity index (χ2v) is 5.30. The number of fused-ring (bicyclic) bond motifs is 1. The number of benzene rings is 1. The minimum absolute atomic E-state index is 0.0466. The van der Waals surface area contributed by atoms with Crippen LogP contribution in [0.25, 0.3) is 10.9 Å². The molecule has 0 aliphatic rings. The summed E-state index contributed by atoms with van der Waals surface area (Å²) in [6, 6.07) is 10.2. The van der Waals surface area contributed by atoms with E-state index in [1.807, 2.05) is 42.9 Å². The van der Waals surface area contributed by atoms with Crippen molar-refractivity contribution in [2.45, 2.75) is 32.9 Å². The smallest absolute Gasteiger partial charge is 0.0994 e. The molecular weight excluding hydrogens is 262 g/mol. The topological polar surface area (TPSA) is 69.6 Å². The number of para-hydroxylation sites is 1. The van der Waals surface area contributed by atoms with Gasteiger partial charge in [-0.15, -0.1) is 5.10 Å². The first-order valence-electron chi connectivity index (χ1n) is 7.18. The summed E-state index contributed by atoms with van der Waals surface area (Å²) in [5.41, 5.74) is 10.0. The lowest BCUT2D eigenvalue weighted by Crippen LogP contribution is -2.08. The van der Waals surface area contributed by atoms with Crippen molar-refractivity contribution in [3.63, 3.8) is 0 Å². The van der Waals surface area contributed by atoms with Crippen LogP contribution in [0.5, 0.6) is 0 Å². The van der Waals surface area contributed by atoms with E-state index in [4.69, 9.17) is 5.73 Å². The van der Waals surface area contributed by atoms with Gasteiger partial charge in [0.1, 0.15) is 0 Å². The van der Waals surface area contributed by atoms with Gasteiger partial charge in [-0.05, 0) is 31.0 Å². The zero-order valence-corrected chi connectivity index (χ0v) is 12.3. The van der Waals surface area contributed by atoms with E-state index in [-0.39, 0.29) is 6.04 Å². The molecule has 5 nitrogen and oxygen atoms in total. The van der Waals surface area contributed by atoms with Crippen molar-refractivity contribution >= 4 is 10.9 Å². The molecule has 3 aromatic rings. The van der Waals surface area contributed by atoms with Gasteiger partial charge in [-0.1, -0.05) is 30.3 Å². The van der Waals surface area contributed by atoms with Gasteiger partial charge in [0.15, 0.2) is 0 Å². The molecular formula is C16H19N5. The Morgan fingerprint density at radius 3 is 2.90 bits per heavy atom. The average molecular weight is 281 g/mol. The Bertz CT molecular complexity index is 762. The zero-order chi connectivity index (χ0) is 14.8. The SMILES string of the molecule is CCC(N)c1cn(Cc2cc(C)nc3ccccc23)nn1. The molecule has 2 heterocycles. The zero-order valence-electron chi connectivity index (χ0n) is 12.3. The maximum absolute atomic E-state index is 5.99. The van der Waals surface area contributed by atoms with E-state index >= 15 is 0 Å². The van der Waals surface area contributed by atoms with Gasteiger partial charge in [0.2, 0.25) is 0 Å². The Morgan fingerprint density at radius 1 is 1.29 bits per heavy atom. The normalized spacial score (nSPS) is 12.7. The molecule has 2 N–H and O–H groups in total. The fraction of sp³-hybridized carbons (Fsp3) is 0.312. The van der Waals surface area contributed by atoms with Gasteiger partial charge in [0, 0.05) is 11.1 Å². The van der Waals surface area contributed by atoms with E-state index in [0.29, 0.717) is 6.54 Å². The highest BCUT2D eigenvalue weighted by molar-refractivity contribution is 5.82. The van der Waals surface area contributed by atoms with Crippen molar-refractivity contribution in [1.82, 2.24) is 20.0 Å². The highest BCUT2D eigenvalue weighted by Crippen LogP contribution is 2.19. The van der Waals surface area contributed by atoms with Crippen LogP contribution in [0.3, 0.4) is 0 Å². The largest absolute Gasteiger partial charge is 0.323 e. The Hall–Kier alpha value is -2.27. The van der Waals surface area contributed by atoms with Crippen LogP contribution in [-0.4, -0.2) is 20.0 Å². The summed E-state index contributed by atoms with van der Waals surface area (Å²) in [4.78, 5) is 4.56. The molecule has 2 aromatic heterocycles. The molecule has 0 aliphatic carbocycles. The van der Waals surface area contributed by atoms with Gasteiger partial charge < -0.3 is 5.73 Å². The number of aryl methyl sites for hydroxylation is 1. The van der Waals surface area contributed by atoms with Crippen LogP contribution in [0.1, 0.15) is 36.3 Å². The van der Waals surface area contributed by atoms with Crippen LogP contribution in [0.2, 0.25) is 0 Å². The third-order valence-corrected chi connectivity index (χ3v) is 3.64. The first-order valence-corrected chi connectivity index (χ1v) is 7.18. The standard InChI is InChI=1S/C16H19N5/c1-3-14(17)16-10-21(20-19-16)9-12-8-11(2)18-15-7-5-4-6-13(12)15/h4-8,10,14H,3,9,17H2,1-2H3. The fourth-order valence-corrected chi connectivity index (χ4v) is 2.47. The lowest BCUT2D eigenvalue weighted by atomic mass is 10.1. The van der Waals surface area contributed by atoms with Gasteiger partial charge in [0.05, 0.1) is 30.0 Å². The number of pyridine rings is 1. The van der Waals surface area contributed by atoms with Crippen molar-refractivity contribution in [3.05, 3.63) is 53.5 Å². The van der Waals surface area contributed by atoms with Crippen LogP contribution in [-0.2, 0) is 6.54 Å². The summed E-state index contributed by atoms with van der Waals surface area (Å²) in [6.07, 6.45) is 2.79. The van der Waals surface area contributed by atoms with Crippen LogP contribution in [0.15, 0.2) is 36.5 Å². The van der Waals surface area contributed by atoms with Gasteiger partial charge in [-0.2, -0.15) is 0 Å². The number of aromatic nitrogens is 4. The summed E-state index contributed by atoms with van der Waals surface area (Å²) in [5.74, 6) is 0. The van der Waals surface area contributed by atoms with Crippen molar-refractivity contribution in [2.24, 2.45) is 5.73 Å². The van der Waals surface area contributed by atoms with E-state index in [1.165, 1.54) is 5.56 Å². The molecule has 1 aromatic carbocycles. The Balaban J connectivity index is 1.96. The van der Waals surface area contributed by atoms with Crippen molar-refractivity contribution in [1.29, 1.82) is 0 Å². The van der Waals surface area contributed by atoms with E-state index in [1.54, 1.807) is 0 Å². The first kappa shape index (κ1) is 13.7. The maximum Gasteiger partial charge on any atom is 0.0994 e. The molecule has 0 aliphatic heterocycles. The molecule has 0 fully saturated rings. The van der Waals surface area contributed by atoms with Crippen molar-refractivity contribution < 1.29 is 0 Å². The molecule has 0 spiro atoms. The molecule has 1 atom stereocenters. The summed E-state index contributed by atoms with van der Waals surface area (Å²) in [6.45, 7) is 4.73. The van der Waals surface area contributed by atoms with Crippen LogP contribution < -0.4 is 5.73 Å². The maximum atomic E-state index is 5.99. The summed E-state index contributed by atoms with van der Waals surface area (Å²) in [7, 11) is 0. The summed E-state index contributed by atoms with van der Waals surface area (Å²) >= 11 is 0. The third-order valence-electron chi connectivity index (χ3n) is 3.64. The van der Waals surface area contributed by atoms with E-state index < -0.39 is 0 Å². The van der Waals surface area contributed by atoms with Crippen molar-refractivity contribution in [2.75, 3.05) is 0 Å². The van der Waals surface area contributed by atoms with Crippen LogP contribution in [0, 0.1) is 6.92 Å². The number of rotatable bonds is 4. The third kappa shape index (κ3) is 2.78. The van der Waals surface area contributed by atoms with Gasteiger partial charge in [0.25, 0.3) is 0 Å². The molecule has 0 saturated heterocycles. The van der Waals surface area contributed by atoms with E-state index in [2.05, 4.69) is 27.4 Å². The predicted molar refractivity (Wildman–Crippen MR) is 82.8 cm³/mol. The molecule has 3 rings (SSSR count). The molecule has 1 unspecified atom stereocenters. The monoisotopic (exact) mass is 281 g/mol. The highest BCUT2D eigenvalue weighted by atomic mass is 15.4. The van der Waals surface area contributed by atoms with Crippen LogP contribution >= 0.6 is 0 Å². The number of hydrogen-bond donors (Lipinski definition) is 1. The number of hydrogen-bond acceptors (Lipinski definition) is 4. The second kappa shape index (κ2) is 5.61. The quantitative estimate of drug-likeness (QED) is 0.798. The highest BCUT2D eigenvalue weighted by Gasteiger charge is 2.10. The second-order valence-electron chi connectivity index (χ2n) is 5.30. The lowest BCUT2D eigenvalue weighted by molar-refractivity contribution is 0.646. The molecule has 21 heavy (non-hydrogen) atoms. The number of nitrogens with zero attached hydrogens (tertiary/aromatic N) is 4. The molecule has 0 radical (unpaired) electrons. The molecule has 108 valence electrons. The van der Waals surface area contributed by atoms with Gasteiger partial charge in [-0.3, -0.25) is 4.98 Å². The predicted octanol–water partition coefficient (Wildman–Crippen LogP) is 2.59. The Labute approximate surface area is 123 Å². The molecule has 0 bridgehead atoms. The summed E-state index contributed by atoms with van der Waals surface area (Å²) < 4.78 is 1.84. The van der Waals surface area contributed by atoms with Gasteiger partial charge >= 0.3 is 0 Å². The molecule has 0 amide bonds. The summed E-state index contributed by atoms with van der Waals surface area (Å²) in [5, 5.41) is 9.49. The number of nitrogens with two attached hydrogens (primary N) is 1. The molecule has 0 saturated carbocycles. The van der Waals surface area contributed by atoms with Crippen molar-refractivity contribution in [3.8, 4) is 0 Å². The molecule has 5 heteroatoms. The Kier molecular flexibility index (Phi) is 3.66.